The summed E-state index contributed by atoms with van der Waals surface area (Å²) in [6.45, 7) is 5.70. The summed E-state index contributed by atoms with van der Waals surface area (Å²) in [4.78, 5) is 18.2. The predicted octanol–water partition coefficient (Wildman–Crippen LogP) is 2.56. The van der Waals surface area contributed by atoms with E-state index in [1.54, 1.807) is 0 Å². The zero-order valence-electron chi connectivity index (χ0n) is 12.1. The van der Waals surface area contributed by atoms with Crippen molar-refractivity contribution >= 4 is 11.8 Å². The maximum atomic E-state index is 11.1. The van der Waals surface area contributed by atoms with Crippen molar-refractivity contribution in [1.82, 2.24) is 14.3 Å². The molecule has 1 fully saturated rings. The van der Waals surface area contributed by atoms with Gasteiger partial charge in [0.05, 0.1) is 11.7 Å². The Kier molecular flexibility index (Phi) is 3.57. The standard InChI is InChI=1S/C16H21N3O/c1-12(2)18-7-4-6-14(18)9-16-17-10-15-13(11-20)5-3-8-19(15)16/h3,5,8,10-12,14H,4,6-7,9H2,1-2H3. The van der Waals surface area contributed by atoms with Gasteiger partial charge in [-0.05, 0) is 45.4 Å². The highest BCUT2D eigenvalue weighted by Crippen LogP contribution is 2.23. The Balaban J connectivity index is 1.90. The lowest BCUT2D eigenvalue weighted by atomic mass is 10.1. The number of imidazole rings is 1. The van der Waals surface area contributed by atoms with Crippen LogP contribution >= 0.6 is 0 Å². The van der Waals surface area contributed by atoms with Gasteiger partial charge in [-0.1, -0.05) is 0 Å². The van der Waals surface area contributed by atoms with E-state index in [1.807, 2.05) is 24.5 Å². The van der Waals surface area contributed by atoms with Crippen LogP contribution in [0.4, 0.5) is 0 Å². The van der Waals surface area contributed by atoms with Gasteiger partial charge in [0.25, 0.3) is 0 Å². The van der Waals surface area contributed by atoms with E-state index in [2.05, 4.69) is 28.1 Å². The lowest BCUT2D eigenvalue weighted by Gasteiger charge is -2.27. The number of hydrogen-bond acceptors (Lipinski definition) is 3. The summed E-state index contributed by atoms with van der Waals surface area (Å²) in [5, 5.41) is 0. The molecule has 0 amide bonds. The summed E-state index contributed by atoms with van der Waals surface area (Å²) in [5.41, 5.74) is 1.62. The third-order valence-corrected chi connectivity index (χ3v) is 4.31. The minimum atomic E-state index is 0.570. The number of pyridine rings is 1. The minimum Gasteiger partial charge on any atom is -0.303 e. The van der Waals surface area contributed by atoms with Crippen molar-refractivity contribution in [2.75, 3.05) is 6.54 Å². The molecule has 2 aromatic rings. The largest absolute Gasteiger partial charge is 0.303 e. The second-order valence-electron chi connectivity index (χ2n) is 5.84. The molecule has 1 atom stereocenters. The number of likely N-dealkylation sites (tertiary alicyclic amines) is 1. The summed E-state index contributed by atoms with van der Waals surface area (Å²) in [5.74, 6) is 1.06. The van der Waals surface area contributed by atoms with Crippen molar-refractivity contribution < 1.29 is 4.79 Å². The van der Waals surface area contributed by atoms with Gasteiger partial charge in [-0.2, -0.15) is 0 Å². The van der Waals surface area contributed by atoms with Gasteiger partial charge < -0.3 is 4.40 Å². The van der Waals surface area contributed by atoms with E-state index in [-0.39, 0.29) is 0 Å². The Morgan fingerprint density at radius 1 is 1.50 bits per heavy atom. The van der Waals surface area contributed by atoms with Crippen molar-refractivity contribution in [3.05, 3.63) is 35.9 Å². The fourth-order valence-electron chi connectivity index (χ4n) is 3.32. The average Bonchev–Trinajstić information content (AvgIpc) is 3.06. The maximum absolute atomic E-state index is 11.1. The summed E-state index contributed by atoms with van der Waals surface area (Å²) < 4.78 is 2.06. The Morgan fingerprint density at radius 2 is 2.35 bits per heavy atom. The second-order valence-corrected chi connectivity index (χ2v) is 5.84. The number of aldehydes is 1. The third-order valence-electron chi connectivity index (χ3n) is 4.31. The van der Waals surface area contributed by atoms with Crippen LogP contribution in [0.1, 0.15) is 42.9 Å². The Bertz CT molecular complexity index is 617. The summed E-state index contributed by atoms with van der Waals surface area (Å²) in [6.07, 6.45) is 8.17. The van der Waals surface area contributed by atoms with Crippen LogP contribution in [0.15, 0.2) is 24.5 Å². The molecular formula is C16H21N3O. The summed E-state index contributed by atoms with van der Waals surface area (Å²) >= 11 is 0. The quantitative estimate of drug-likeness (QED) is 0.802. The molecule has 3 rings (SSSR count). The van der Waals surface area contributed by atoms with Gasteiger partial charge in [0, 0.05) is 30.3 Å². The van der Waals surface area contributed by atoms with Crippen LogP contribution in [0.5, 0.6) is 0 Å². The molecule has 106 valence electrons. The van der Waals surface area contributed by atoms with E-state index < -0.39 is 0 Å². The predicted molar refractivity (Wildman–Crippen MR) is 79.1 cm³/mol. The molecule has 1 aliphatic heterocycles. The molecule has 2 aromatic heterocycles. The smallest absolute Gasteiger partial charge is 0.152 e. The van der Waals surface area contributed by atoms with Crippen LogP contribution in [0, 0.1) is 0 Å². The molecule has 0 radical (unpaired) electrons. The first-order valence-electron chi connectivity index (χ1n) is 7.36. The highest BCUT2D eigenvalue weighted by Gasteiger charge is 2.27. The average molecular weight is 271 g/mol. The van der Waals surface area contributed by atoms with Gasteiger partial charge in [-0.15, -0.1) is 0 Å². The highest BCUT2D eigenvalue weighted by atomic mass is 16.1. The minimum absolute atomic E-state index is 0.570. The van der Waals surface area contributed by atoms with E-state index in [4.69, 9.17) is 0 Å². The van der Waals surface area contributed by atoms with Gasteiger partial charge in [0.1, 0.15) is 5.82 Å². The number of nitrogens with zero attached hydrogens (tertiary/aromatic N) is 3. The van der Waals surface area contributed by atoms with Crippen molar-refractivity contribution in [1.29, 1.82) is 0 Å². The molecule has 0 saturated carbocycles. The first-order chi connectivity index (χ1) is 9.70. The number of aromatic nitrogens is 2. The van der Waals surface area contributed by atoms with Gasteiger partial charge in [-0.3, -0.25) is 9.69 Å². The van der Waals surface area contributed by atoms with Gasteiger partial charge >= 0.3 is 0 Å². The number of carbonyl (C=O) groups excluding carboxylic acids is 1. The molecule has 4 nitrogen and oxygen atoms in total. The van der Waals surface area contributed by atoms with Crippen LogP contribution < -0.4 is 0 Å². The van der Waals surface area contributed by atoms with Gasteiger partial charge in [-0.25, -0.2) is 4.98 Å². The number of hydrogen-bond donors (Lipinski definition) is 0. The molecular weight excluding hydrogens is 250 g/mol. The fourth-order valence-corrected chi connectivity index (χ4v) is 3.32. The van der Waals surface area contributed by atoms with Crippen LogP contribution in [0.25, 0.3) is 5.52 Å². The lowest BCUT2D eigenvalue weighted by molar-refractivity contribution is 0.112. The number of rotatable bonds is 4. The molecule has 0 aliphatic carbocycles. The molecule has 3 heterocycles. The summed E-state index contributed by atoms with van der Waals surface area (Å²) in [6, 6.07) is 4.90. The molecule has 0 bridgehead atoms. The van der Waals surface area contributed by atoms with E-state index in [9.17, 15) is 4.79 Å². The zero-order valence-corrected chi connectivity index (χ0v) is 12.1. The van der Waals surface area contributed by atoms with E-state index in [0.29, 0.717) is 17.6 Å². The van der Waals surface area contributed by atoms with Crippen LogP contribution in [-0.4, -0.2) is 39.2 Å². The number of fused-ring (bicyclic) bond motifs is 1. The van der Waals surface area contributed by atoms with E-state index in [0.717, 1.165) is 24.0 Å². The second kappa shape index (κ2) is 5.37. The first-order valence-corrected chi connectivity index (χ1v) is 7.36. The zero-order chi connectivity index (χ0) is 14.1. The molecule has 20 heavy (non-hydrogen) atoms. The van der Waals surface area contributed by atoms with E-state index in [1.165, 1.54) is 19.4 Å². The van der Waals surface area contributed by atoms with Crippen molar-refractivity contribution in [3.8, 4) is 0 Å². The molecule has 4 heteroatoms. The van der Waals surface area contributed by atoms with Crippen LogP contribution in [0.2, 0.25) is 0 Å². The molecule has 0 N–H and O–H groups in total. The van der Waals surface area contributed by atoms with Crippen LogP contribution in [0.3, 0.4) is 0 Å². The van der Waals surface area contributed by atoms with Gasteiger partial charge in [0.15, 0.2) is 6.29 Å². The molecule has 0 aromatic carbocycles. The topological polar surface area (TPSA) is 37.6 Å². The summed E-state index contributed by atoms with van der Waals surface area (Å²) in [7, 11) is 0. The molecule has 0 spiro atoms. The molecule has 1 unspecified atom stereocenters. The van der Waals surface area contributed by atoms with Gasteiger partial charge in [0.2, 0.25) is 0 Å². The monoisotopic (exact) mass is 271 g/mol. The number of carbonyl (C=O) groups is 1. The van der Waals surface area contributed by atoms with Crippen molar-refractivity contribution in [2.45, 2.75) is 45.2 Å². The maximum Gasteiger partial charge on any atom is 0.152 e. The fraction of sp³-hybridized carbons (Fsp3) is 0.500. The Labute approximate surface area is 119 Å². The molecule has 1 aliphatic rings. The van der Waals surface area contributed by atoms with Crippen molar-refractivity contribution in [3.63, 3.8) is 0 Å². The Hall–Kier alpha value is -1.68. The highest BCUT2D eigenvalue weighted by molar-refractivity contribution is 5.85. The van der Waals surface area contributed by atoms with Crippen molar-refractivity contribution in [2.24, 2.45) is 0 Å². The first kappa shape index (κ1) is 13.3. The third kappa shape index (κ3) is 2.24. The Morgan fingerprint density at radius 3 is 3.10 bits per heavy atom. The normalized spacial score (nSPS) is 20.1. The molecule has 1 saturated heterocycles. The lowest BCUT2D eigenvalue weighted by Crippen LogP contribution is -2.37. The van der Waals surface area contributed by atoms with E-state index >= 15 is 0 Å². The van der Waals surface area contributed by atoms with Crippen LogP contribution in [-0.2, 0) is 6.42 Å². The SMILES string of the molecule is CC(C)N1CCCC1Cc1ncc2c(C=O)cccn12.